The molecule has 3 aliphatic rings. The quantitative estimate of drug-likeness (QED) is 0.839. The summed E-state index contributed by atoms with van der Waals surface area (Å²) < 4.78 is 31.8. The number of nitrogens with zero attached hydrogens (tertiary/aromatic N) is 2. The molecule has 4 rings (SSSR count). The van der Waals surface area contributed by atoms with E-state index in [1.54, 1.807) is 4.90 Å². The van der Waals surface area contributed by atoms with Gasteiger partial charge in [-0.25, -0.2) is 13.2 Å². The van der Waals surface area contributed by atoms with E-state index in [1.165, 1.54) is 0 Å². The van der Waals surface area contributed by atoms with Crippen LogP contribution in [0.3, 0.4) is 0 Å². The Kier molecular flexibility index (Phi) is 3.75. The summed E-state index contributed by atoms with van der Waals surface area (Å²) in [4.78, 5) is 25.6. The Morgan fingerprint density at radius 3 is 2.46 bits per heavy atom. The maximum Gasteiger partial charge on any atom is 0.371 e. The van der Waals surface area contributed by atoms with Crippen LogP contribution in [0.5, 0.6) is 0 Å². The van der Waals surface area contributed by atoms with Crippen LogP contribution < -0.4 is 0 Å². The number of rotatable bonds is 4. The predicted octanol–water partition coefficient (Wildman–Crippen LogP) is 1.25. The molecule has 9 heteroatoms. The number of carbonyl (C=O) groups is 2. The first-order valence-electron chi connectivity index (χ1n) is 8.78. The van der Waals surface area contributed by atoms with Crippen molar-refractivity contribution in [2.75, 3.05) is 19.6 Å². The second-order valence-corrected chi connectivity index (χ2v) is 9.80. The zero-order valence-electron chi connectivity index (χ0n) is 14.7. The van der Waals surface area contributed by atoms with Crippen LogP contribution in [0.25, 0.3) is 0 Å². The van der Waals surface area contributed by atoms with Crippen LogP contribution in [0, 0.1) is 17.3 Å². The normalized spacial score (nSPS) is 30.4. The summed E-state index contributed by atoms with van der Waals surface area (Å²) in [5.74, 6) is -0.923. The zero-order valence-corrected chi connectivity index (χ0v) is 15.5. The molecule has 2 aliphatic heterocycles. The highest BCUT2D eigenvalue weighted by atomic mass is 32.2. The summed E-state index contributed by atoms with van der Waals surface area (Å²) in [6, 6.07) is 1.50. The maximum absolute atomic E-state index is 12.9. The number of likely N-dealkylation sites (tertiary alicyclic amines) is 1. The molecule has 2 saturated heterocycles. The third kappa shape index (κ3) is 2.48. The third-order valence-electron chi connectivity index (χ3n) is 6.28. The van der Waals surface area contributed by atoms with Crippen molar-refractivity contribution in [3.63, 3.8) is 0 Å². The number of amides is 1. The molecule has 1 aromatic heterocycles. The Balaban J connectivity index is 1.52. The minimum Gasteiger partial charge on any atom is -0.475 e. The molecule has 3 fully saturated rings. The monoisotopic (exact) mass is 382 g/mol. The summed E-state index contributed by atoms with van der Waals surface area (Å²) in [7, 11) is -4.04. The number of hydrogen-bond donors (Lipinski definition) is 1. The summed E-state index contributed by atoms with van der Waals surface area (Å²) in [5.41, 5.74) is 0.277. The third-order valence-corrected chi connectivity index (χ3v) is 8.06. The first kappa shape index (κ1) is 17.5. The lowest BCUT2D eigenvalue weighted by atomic mass is 10.1. The van der Waals surface area contributed by atoms with Crippen LogP contribution in [0.2, 0.25) is 0 Å². The number of sulfonamides is 1. The predicted molar refractivity (Wildman–Crippen MR) is 89.9 cm³/mol. The van der Waals surface area contributed by atoms with Crippen molar-refractivity contribution in [3.05, 3.63) is 17.9 Å². The number of hydrogen-bond acceptors (Lipinski definition) is 5. The van der Waals surface area contributed by atoms with Crippen LogP contribution >= 0.6 is 0 Å². The summed E-state index contributed by atoms with van der Waals surface area (Å²) in [6.07, 6.45) is 1.06. The Bertz CT molecular complexity index is 860. The van der Waals surface area contributed by atoms with Gasteiger partial charge >= 0.3 is 5.97 Å². The lowest BCUT2D eigenvalue weighted by Gasteiger charge is -2.29. The summed E-state index contributed by atoms with van der Waals surface area (Å²) in [6.45, 7) is 6.00. The molecule has 0 spiro atoms. The molecule has 1 aliphatic carbocycles. The van der Waals surface area contributed by atoms with Gasteiger partial charge in [0.15, 0.2) is 0 Å². The Labute approximate surface area is 151 Å². The average Bonchev–Trinajstić information content (AvgIpc) is 3.17. The van der Waals surface area contributed by atoms with E-state index in [2.05, 4.69) is 13.8 Å². The van der Waals surface area contributed by atoms with Gasteiger partial charge in [0, 0.05) is 19.6 Å². The van der Waals surface area contributed by atoms with Gasteiger partial charge in [0.25, 0.3) is 10.0 Å². The first-order valence-corrected chi connectivity index (χ1v) is 10.2. The van der Waals surface area contributed by atoms with E-state index in [9.17, 15) is 18.0 Å². The highest BCUT2D eigenvalue weighted by Gasteiger charge is 2.63. The van der Waals surface area contributed by atoms with Gasteiger partial charge in [-0.3, -0.25) is 4.79 Å². The molecule has 142 valence electrons. The average molecular weight is 382 g/mol. The Hall–Kier alpha value is -1.87. The van der Waals surface area contributed by atoms with E-state index in [1.807, 2.05) is 0 Å². The molecule has 26 heavy (non-hydrogen) atoms. The fraction of sp³-hybridized carbons (Fsp3) is 0.647. The molecular weight excluding hydrogens is 360 g/mol. The molecule has 3 heterocycles. The fourth-order valence-corrected chi connectivity index (χ4v) is 6.05. The number of carboxylic acids is 1. The molecule has 3 unspecified atom stereocenters. The molecule has 0 aromatic carbocycles. The lowest BCUT2D eigenvalue weighted by Crippen LogP contribution is -2.48. The summed E-state index contributed by atoms with van der Waals surface area (Å²) in [5, 5.41) is 8.49. The second-order valence-electron chi connectivity index (χ2n) is 7.98. The van der Waals surface area contributed by atoms with Crippen molar-refractivity contribution in [2.45, 2.75) is 37.8 Å². The molecule has 1 N–H and O–H groups in total. The number of aromatic carboxylic acids is 1. The van der Waals surface area contributed by atoms with E-state index in [4.69, 9.17) is 9.52 Å². The number of carbonyl (C=O) groups excluding carboxylic acids is 1. The van der Waals surface area contributed by atoms with E-state index < -0.39 is 32.9 Å². The van der Waals surface area contributed by atoms with Crippen LogP contribution in [0.1, 0.15) is 37.2 Å². The van der Waals surface area contributed by atoms with Crippen molar-refractivity contribution in [1.82, 2.24) is 9.21 Å². The van der Waals surface area contributed by atoms with Crippen LogP contribution in [0.4, 0.5) is 0 Å². The molecular formula is C17H22N2O6S. The minimum atomic E-state index is -4.04. The maximum atomic E-state index is 12.9. The smallest absolute Gasteiger partial charge is 0.371 e. The largest absolute Gasteiger partial charge is 0.475 e. The Morgan fingerprint density at radius 2 is 1.88 bits per heavy atom. The molecule has 0 bridgehead atoms. The van der Waals surface area contributed by atoms with Crippen LogP contribution in [-0.2, 0) is 14.8 Å². The van der Waals surface area contributed by atoms with Gasteiger partial charge in [-0.1, -0.05) is 13.8 Å². The number of carboxylic acid groups (broad SMARTS) is 1. The lowest BCUT2D eigenvalue weighted by molar-refractivity contribution is -0.134. The summed E-state index contributed by atoms with van der Waals surface area (Å²) >= 11 is 0. The Morgan fingerprint density at radius 1 is 1.23 bits per heavy atom. The van der Waals surface area contributed by atoms with Gasteiger partial charge in [0.1, 0.15) is 6.04 Å². The topological polar surface area (TPSA) is 108 Å². The molecule has 3 atom stereocenters. The molecule has 1 amide bonds. The number of fused-ring (bicyclic) bond motifs is 1. The number of piperidine rings is 1. The minimum absolute atomic E-state index is 0.154. The van der Waals surface area contributed by atoms with Gasteiger partial charge in [-0.2, -0.15) is 4.31 Å². The molecule has 1 aromatic rings. The first-order chi connectivity index (χ1) is 12.1. The molecule has 8 nitrogen and oxygen atoms in total. The molecule has 1 saturated carbocycles. The zero-order chi connectivity index (χ0) is 18.9. The van der Waals surface area contributed by atoms with E-state index in [0.717, 1.165) is 16.4 Å². The van der Waals surface area contributed by atoms with E-state index in [0.29, 0.717) is 37.8 Å². The SMILES string of the molecule is CC1(C)C2CN(C(=O)C3CCCN3S(=O)(=O)c3ccc(C(=O)O)o3)CC21. The van der Waals surface area contributed by atoms with Crippen LogP contribution in [0.15, 0.2) is 21.6 Å². The van der Waals surface area contributed by atoms with Gasteiger partial charge in [-0.15, -0.1) is 0 Å². The molecule has 0 radical (unpaired) electrons. The van der Waals surface area contributed by atoms with Crippen LogP contribution in [-0.4, -0.2) is 60.3 Å². The van der Waals surface area contributed by atoms with E-state index in [-0.39, 0.29) is 17.9 Å². The van der Waals surface area contributed by atoms with Gasteiger partial charge < -0.3 is 14.4 Å². The van der Waals surface area contributed by atoms with Gasteiger partial charge in [0.05, 0.1) is 0 Å². The van der Waals surface area contributed by atoms with Crippen molar-refractivity contribution in [2.24, 2.45) is 17.3 Å². The fourth-order valence-electron chi connectivity index (χ4n) is 4.49. The van der Waals surface area contributed by atoms with Gasteiger partial charge in [-0.05, 0) is 42.2 Å². The van der Waals surface area contributed by atoms with Crippen molar-refractivity contribution in [1.29, 1.82) is 0 Å². The number of furan rings is 1. The highest BCUT2D eigenvalue weighted by molar-refractivity contribution is 7.89. The highest BCUT2D eigenvalue weighted by Crippen LogP contribution is 2.62. The van der Waals surface area contributed by atoms with Crippen molar-refractivity contribution < 1.29 is 27.5 Å². The van der Waals surface area contributed by atoms with Gasteiger partial charge in [0.2, 0.25) is 16.8 Å². The van der Waals surface area contributed by atoms with E-state index >= 15 is 0 Å². The second kappa shape index (κ2) is 5.56. The standard InChI is InChI=1S/C17H22N2O6S/c1-17(2)10-8-18(9-11(10)17)15(20)12-4-3-7-19(12)26(23,24)14-6-5-13(25-14)16(21)22/h5-6,10-12H,3-4,7-9H2,1-2H3,(H,21,22). The van der Waals surface area contributed by atoms with Crippen molar-refractivity contribution in [3.8, 4) is 0 Å². The van der Waals surface area contributed by atoms with Crippen molar-refractivity contribution >= 4 is 21.9 Å².